The highest BCUT2D eigenvalue weighted by Crippen LogP contribution is 2.11. The van der Waals surface area contributed by atoms with Crippen molar-refractivity contribution in [2.24, 2.45) is 5.73 Å². The molecule has 0 aliphatic carbocycles. The summed E-state index contributed by atoms with van der Waals surface area (Å²) in [6, 6.07) is 6.24. The van der Waals surface area contributed by atoms with Gasteiger partial charge in [0.15, 0.2) is 0 Å². The number of carbonyl (C=O) groups is 1. The Labute approximate surface area is 102 Å². The molecule has 0 aliphatic heterocycles. The van der Waals surface area contributed by atoms with Crippen molar-refractivity contribution in [2.45, 2.75) is 25.8 Å². The average molecular weight is 236 g/mol. The first-order chi connectivity index (χ1) is 8.04. The molecule has 4 heteroatoms. The number of likely N-dealkylation sites (N-methyl/N-ethyl adjacent to an activating group) is 1. The van der Waals surface area contributed by atoms with Crippen molar-refractivity contribution in [1.29, 1.82) is 0 Å². The molecule has 0 aliphatic rings. The Bertz CT molecular complexity index is 362. The lowest BCUT2D eigenvalue weighted by Crippen LogP contribution is -2.43. The monoisotopic (exact) mass is 236 g/mol. The maximum Gasteiger partial charge on any atom is 0.239 e. The lowest BCUT2D eigenvalue weighted by Gasteiger charge is -2.20. The second-order valence-electron chi connectivity index (χ2n) is 4.24. The van der Waals surface area contributed by atoms with E-state index in [1.165, 1.54) is 0 Å². The van der Waals surface area contributed by atoms with Gasteiger partial charge in [0.1, 0.15) is 5.75 Å². The van der Waals surface area contributed by atoms with Crippen LogP contribution in [-0.4, -0.2) is 35.5 Å². The second kappa shape index (κ2) is 6.25. The minimum absolute atomic E-state index is 0.0417. The third kappa shape index (κ3) is 4.07. The summed E-state index contributed by atoms with van der Waals surface area (Å²) in [5, 5.41) is 9.15. The fourth-order valence-corrected chi connectivity index (χ4v) is 1.70. The van der Waals surface area contributed by atoms with E-state index in [1.54, 1.807) is 36.2 Å². The molecule has 17 heavy (non-hydrogen) atoms. The minimum Gasteiger partial charge on any atom is -0.508 e. The van der Waals surface area contributed by atoms with Gasteiger partial charge < -0.3 is 15.7 Å². The summed E-state index contributed by atoms with van der Waals surface area (Å²) < 4.78 is 0. The first-order valence-electron chi connectivity index (χ1n) is 5.83. The predicted octanol–water partition coefficient (Wildman–Crippen LogP) is 1.13. The normalized spacial score (nSPS) is 12.2. The largest absolute Gasteiger partial charge is 0.508 e. The number of hydrogen-bond donors (Lipinski definition) is 2. The van der Waals surface area contributed by atoms with Crippen LogP contribution in [0.3, 0.4) is 0 Å². The highest BCUT2D eigenvalue weighted by Gasteiger charge is 2.17. The SMILES string of the molecule is CCCN(C)C(=O)C(N)Cc1ccc(O)cc1. The molecule has 1 aromatic carbocycles. The van der Waals surface area contributed by atoms with Gasteiger partial charge >= 0.3 is 0 Å². The summed E-state index contributed by atoms with van der Waals surface area (Å²) in [4.78, 5) is 13.5. The van der Waals surface area contributed by atoms with Crippen LogP contribution in [0.2, 0.25) is 0 Å². The van der Waals surface area contributed by atoms with Crippen LogP contribution in [-0.2, 0) is 11.2 Å². The molecule has 0 fully saturated rings. The average Bonchev–Trinajstić information content (AvgIpc) is 2.31. The van der Waals surface area contributed by atoms with E-state index in [-0.39, 0.29) is 11.7 Å². The Kier molecular flexibility index (Phi) is 4.97. The number of aromatic hydroxyl groups is 1. The van der Waals surface area contributed by atoms with E-state index in [9.17, 15) is 4.79 Å². The quantitative estimate of drug-likeness (QED) is 0.805. The molecule has 1 rings (SSSR count). The molecule has 0 bridgehead atoms. The van der Waals surface area contributed by atoms with Crippen molar-refractivity contribution in [3.8, 4) is 5.75 Å². The highest BCUT2D eigenvalue weighted by atomic mass is 16.3. The van der Waals surface area contributed by atoms with Crippen LogP contribution in [0.5, 0.6) is 5.75 Å². The summed E-state index contributed by atoms with van der Waals surface area (Å²) in [5.41, 5.74) is 6.82. The maximum absolute atomic E-state index is 11.9. The van der Waals surface area contributed by atoms with Gasteiger partial charge in [-0.2, -0.15) is 0 Å². The molecule has 0 aromatic heterocycles. The molecule has 0 saturated heterocycles. The molecule has 0 spiro atoms. The first-order valence-corrected chi connectivity index (χ1v) is 5.83. The van der Waals surface area contributed by atoms with Crippen molar-refractivity contribution in [3.05, 3.63) is 29.8 Å². The van der Waals surface area contributed by atoms with Crippen LogP contribution in [0, 0.1) is 0 Å². The van der Waals surface area contributed by atoms with Gasteiger partial charge in [0.2, 0.25) is 5.91 Å². The third-order valence-corrected chi connectivity index (χ3v) is 2.64. The van der Waals surface area contributed by atoms with Gasteiger partial charge in [0.05, 0.1) is 6.04 Å². The van der Waals surface area contributed by atoms with E-state index in [0.29, 0.717) is 6.42 Å². The van der Waals surface area contributed by atoms with Crippen molar-refractivity contribution in [1.82, 2.24) is 4.90 Å². The molecule has 3 N–H and O–H groups in total. The van der Waals surface area contributed by atoms with E-state index in [0.717, 1.165) is 18.5 Å². The van der Waals surface area contributed by atoms with Gasteiger partial charge in [-0.1, -0.05) is 19.1 Å². The Morgan fingerprint density at radius 1 is 1.41 bits per heavy atom. The van der Waals surface area contributed by atoms with Gasteiger partial charge in [-0.25, -0.2) is 0 Å². The van der Waals surface area contributed by atoms with Gasteiger partial charge in [-0.3, -0.25) is 4.79 Å². The molecule has 1 unspecified atom stereocenters. The Hall–Kier alpha value is -1.55. The van der Waals surface area contributed by atoms with Crippen LogP contribution >= 0.6 is 0 Å². The van der Waals surface area contributed by atoms with E-state index in [2.05, 4.69) is 0 Å². The second-order valence-corrected chi connectivity index (χ2v) is 4.24. The zero-order valence-electron chi connectivity index (χ0n) is 10.4. The van der Waals surface area contributed by atoms with Gasteiger partial charge in [0, 0.05) is 13.6 Å². The Morgan fingerprint density at radius 3 is 2.53 bits per heavy atom. The molecule has 4 nitrogen and oxygen atoms in total. The lowest BCUT2D eigenvalue weighted by atomic mass is 10.1. The van der Waals surface area contributed by atoms with E-state index in [4.69, 9.17) is 10.8 Å². The fraction of sp³-hybridized carbons (Fsp3) is 0.462. The lowest BCUT2D eigenvalue weighted by molar-refractivity contribution is -0.131. The van der Waals surface area contributed by atoms with Crippen LogP contribution in [0.25, 0.3) is 0 Å². The highest BCUT2D eigenvalue weighted by molar-refractivity contribution is 5.81. The Balaban J connectivity index is 2.56. The number of phenolic OH excluding ortho intramolecular Hbond substituents is 1. The minimum atomic E-state index is -0.518. The van der Waals surface area contributed by atoms with Crippen LogP contribution < -0.4 is 5.73 Å². The third-order valence-electron chi connectivity index (χ3n) is 2.64. The van der Waals surface area contributed by atoms with Gasteiger partial charge in [-0.15, -0.1) is 0 Å². The molecule has 0 saturated carbocycles. The molecule has 0 radical (unpaired) electrons. The summed E-state index contributed by atoms with van der Waals surface area (Å²) in [6.07, 6.45) is 1.42. The zero-order valence-corrected chi connectivity index (χ0v) is 10.4. The summed E-state index contributed by atoms with van der Waals surface area (Å²) >= 11 is 0. The van der Waals surface area contributed by atoms with Crippen molar-refractivity contribution >= 4 is 5.91 Å². The molecular formula is C13H20N2O2. The number of benzene rings is 1. The fourth-order valence-electron chi connectivity index (χ4n) is 1.70. The van der Waals surface area contributed by atoms with Crippen LogP contribution in [0.15, 0.2) is 24.3 Å². The zero-order chi connectivity index (χ0) is 12.8. The summed E-state index contributed by atoms with van der Waals surface area (Å²) in [7, 11) is 1.77. The predicted molar refractivity (Wildman–Crippen MR) is 67.7 cm³/mol. The van der Waals surface area contributed by atoms with Crippen LogP contribution in [0.1, 0.15) is 18.9 Å². The number of nitrogens with two attached hydrogens (primary N) is 1. The molecule has 1 amide bonds. The number of carbonyl (C=O) groups excluding carboxylic acids is 1. The molecule has 1 atom stereocenters. The first kappa shape index (κ1) is 13.5. The van der Waals surface area contributed by atoms with Crippen molar-refractivity contribution in [2.75, 3.05) is 13.6 Å². The molecule has 1 aromatic rings. The van der Waals surface area contributed by atoms with Gasteiger partial charge in [0.25, 0.3) is 0 Å². The standard InChI is InChI=1S/C13H20N2O2/c1-3-8-15(2)13(17)12(14)9-10-4-6-11(16)7-5-10/h4-7,12,16H,3,8-9,14H2,1-2H3. The molecule has 94 valence electrons. The molecular weight excluding hydrogens is 216 g/mol. The number of nitrogens with zero attached hydrogens (tertiary/aromatic N) is 1. The number of hydrogen-bond acceptors (Lipinski definition) is 3. The van der Waals surface area contributed by atoms with Gasteiger partial charge in [-0.05, 0) is 30.5 Å². The van der Waals surface area contributed by atoms with Crippen molar-refractivity contribution in [3.63, 3.8) is 0 Å². The van der Waals surface area contributed by atoms with E-state index < -0.39 is 6.04 Å². The molecule has 0 heterocycles. The number of amides is 1. The maximum atomic E-state index is 11.9. The Morgan fingerprint density at radius 2 is 2.00 bits per heavy atom. The number of phenols is 1. The van der Waals surface area contributed by atoms with E-state index >= 15 is 0 Å². The summed E-state index contributed by atoms with van der Waals surface area (Å²) in [6.45, 7) is 2.75. The topological polar surface area (TPSA) is 66.6 Å². The smallest absolute Gasteiger partial charge is 0.239 e. The van der Waals surface area contributed by atoms with Crippen molar-refractivity contribution < 1.29 is 9.90 Å². The summed E-state index contributed by atoms with van der Waals surface area (Å²) in [5.74, 6) is 0.177. The van der Waals surface area contributed by atoms with Crippen LogP contribution in [0.4, 0.5) is 0 Å². The van der Waals surface area contributed by atoms with E-state index in [1.807, 2.05) is 6.92 Å². The number of rotatable bonds is 5.